The number of hydrogen-bond acceptors (Lipinski definition) is 14. The molecule has 0 heterocycles. The molecule has 4 aromatic carbocycles. The number of ether oxygens (including phenoxy) is 2. The molecule has 6 rings (SSSR count). The Kier molecular flexibility index (Phi) is 10.3. The van der Waals surface area contributed by atoms with E-state index in [4.69, 9.17) is 9.47 Å². The van der Waals surface area contributed by atoms with Gasteiger partial charge in [-0.1, -0.05) is 65.8 Å². The second-order valence-corrected chi connectivity index (χ2v) is 15.7. The summed E-state index contributed by atoms with van der Waals surface area (Å²) in [5.74, 6) is -16.0. The zero-order chi connectivity index (χ0) is 43.1. The van der Waals surface area contributed by atoms with Crippen molar-refractivity contribution >= 4 is 45.0 Å². The zero-order valence-corrected chi connectivity index (χ0v) is 33.1. The van der Waals surface area contributed by atoms with Crippen molar-refractivity contribution in [2.24, 2.45) is 23.7 Å². The summed E-state index contributed by atoms with van der Waals surface area (Å²) < 4.78 is 9.62. The van der Waals surface area contributed by atoms with Gasteiger partial charge in [0.05, 0.1) is 71.3 Å². The molecule has 58 heavy (non-hydrogen) atoms. The van der Waals surface area contributed by atoms with Crippen LogP contribution in [-0.4, -0.2) is 89.8 Å². The second-order valence-electron chi connectivity index (χ2n) is 15.7. The minimum Gasteiger partial charge on any atom is -0.511 e. The molecule has 4 aromatic rings. The molecule has 0 spiro atoms. The minimum absolute atomic E-state index is 0.0625. The highest BCUT2D eigenvalue weighted by Gasteiger charge is 2.59. The highest BCUT2D eigenvalue weighted by Crippen LogP contribution is 2.62. The number of fused-ring (bicyclic) bond motifs is 4. The third kappa shape index (κ3) is 5.60. The standard InChI is InChI=1S/C44H46O14/c1-17(2)43(55)19(5)39(51)35-33(37(43)25(47)15-27(49)57-7)31(21-11-9-13-23(45)29(21)41(35)53)32-22-12-10-14-24(46)30(22)42(54)36-34(32)38(26(48)16-28(50)58-8)44(56,18(3)4)20(6)40(36)52/h9-20,37-38,45-48,53-56H,1-8H3/b25-15-,26-16-. The number of rotatable bonds is 7. The van der Waals surface area contributed by atoms with Crippen molar-refractivity contribution in [3.05, 3.63) is 82.3 Å². The molecule has 2 aliphatic carbocycles. The lowest BCUT2D eigenvalue weighted by atomic mass is 9.56. The van der Waals surface area contributed by atoms with Gasteiger partial charge in [-0.15, -0.1) is 0 Å². The number of Topliss-reactive ketones (excluding diaryl/α,β-unsaturated/α-hetero) is 2. The highest BCUT2D eigenvalue weighted by atomic mass is 16.5. The molecule has 306 valence electrons. The molecule has 0 fully saturated rings. The average molecular weight is 799 g/mol. The molecule has 0 aliphatic heterocycles. The van der Waals surface area contributed by atoms with Crippen LogP contribution in [0.3, 0.4) is 0 Å². The number of methoxy groups -OCH3 is 2. The van der Waals surface area contributed by atoms with Gasteiger partial charge in [-0.25, -0.2) is 9.59 Å². The molecule has 0 bridgehead atoms. The number of aliphatic hydroxyl groups excluding tert-OH is 2. The van der Waals surface area contributed by atoms with Crippen LogP contribution in [0.15, 0.2) is 60.1 Å². The highest BCUT2D eigenvalue weighted by molar-refractivity contribution is 6.22. The molecule has 0 amide bonds. The maximum atomic E-state index is 14.7. The van der Waals surface area contributed by atoms with Gasteiger partial charge in [0.2, 0.25) is 0 Å². The van der Waals surface area contributed by atoms with Gasteiger partial charge in [0, 0.05) is 11.8 Å². The molecular weight excluding hydrogens is 752 g/mol. The molecule has 14 nitrogen and oxygen atoms in total. The number of phenols is 4. The lowest BCUT2D eigenvalue weighted by molar-refractivity contribution is -0.136. The van der Waals surface area contributed by atoms with Gasteiger partial charge in [-0.05, 0) is 57.0 Å². The Hall–Kier alpha value is -6.12. The van der Waals surface area contributed by atoms with Crippen LogP contribution in [0.4, 0.5) is 0 Å². The molecule has 0 saturated carbocycles. The van der Waals surface area contributed by atoms with Crippen LogP contribution in [-0.2, 0) is 19.1 Å². The van der Waals surface area contributed by atoms with E-state index in [0.717, 1.165) is 14.2 Å². The van der Waals surface area contributed by atoms with Crippen LogP contribution in [0.2, 0.25) is 0 Å². The molecule has 2 aliphatic rings. The number of aliphatic hydroxyl groups is 4. The van der Waals surface area contributed by atoms with Gasteiger partial charge >= 0.3 is 11.9 Å². The first-order chi connectivity index (χ1) is 27.1. The molecule has 6 unspecified atom stereocenters. The lowest BCUT2D eigenvalue weighted by Gasteiger charge is -2.49. The van der Waals surface area contributed by atoms with Gasteiger partial charge in [0.15, 0.2) is 11.6 Å². The second kappa shape index (κ2) is 14.4. The summed E-state index contributed by atoms with van der Waals surface area (Å²) in [6, 6.07) is 8.11. The van der Waals surface area contributed by atoms with E-state index < -0.39 is 116 Å². The summed E-state index contributed by atoms with van der Waals surface area (Å²) in [5, 5.41) is 95.9. The summed E-state index contributed by atoms with van der Waals surface area (Å²) in [5.41, 5.74) is -6.44. The number of benzene rings is 4. The number of esters is 2. The Labute approximate surface area is 332 Å². The summed E-state index contributed by atoms with van der Waals surface area (Å²) >= 11 is 0. The number of ketones is 2. The largest absolute Gasteiger partial charge is 0.511 e. The van der Waals surface area contributed by atoms with Gasteiger partial charge in [-0.2, -0.15) is 0 Å². The van der Waals surface area contributed by atoms with Crippen molar-refractivity contribution in [3.63, 3.8) is 0 Å². The van der Waals surface area contributed by atoms with Crippen LogP contribution >= 0.6 is 0 Å². The van der Waals surface area contributed by atoms with Gasteiger partial charge in [0.1, 0.15) is 34.5 Å². The van der Waals surface area contributed by atoms with E-state index >= 15 is 0 Å². The minimum atomic E-state index is -2.24. The molecule has 6 atom stereocenters. The molecule has 0 saturated heterocycles. The predicted octanol–water partition coefficient (Wildman–Crippen LogP) is 6.32. The molecular formula is C44H46O14. The van der Waals surface area contributed by atoms with Crippen LogP contribution in [0, 0.1) is 23.7 Å². The average Bonchev–Trinajstić information content (AvgIpc) is 3.16. The van der Waals surface area contributed by atoms with Crippen LogP contribution in [0.1, 0.15) is 85.2 Å². The van der Waals surface area contributed by atoms with Crippen molar-refractivity contribution in [3.8, 4) is 34.1 Å². The van der Waals surface area contributed by atoms with Crippen LogP contribution in [0.5, 0.6) is 23.0 Å². The van der Waals surface area contributed by atoms with Crippen molar-refractivity contribution in [2.45, 2.75) is 64.6 Å². The topological polar surface area (TPSA) is 249 Å². The van der Waals surface area contributed by atoms with E-state index in [-0.39, 0.29) is 43.8 Å². The van der Waals surface area contributed by atoms with E-state index in [9.17, 15) is 60.0 Å². The Balaban J connectivity index is 2.05. The summed E-state index contributed by atoms with van der Waals surface area (Å²) in [6.45, 7) is 9.05. The first-order valence-corrected chi connectivity index (χ1v) is 18.7. The summed E-state index contributed by atoms with van der Waals surface area (Å²) in [4.78, 5) is 55.0. The maximum absolute atomic E-state index is 14.7. The maximum Gasteiger partial charge on any atom is 0.333 e. The Morgan fingerprint density at radius 2 is 0.948 bits per heavy atom. The predicted molar refractivity (Wildman–Crippen MR) is 211 cm³/mol. The zero-order valence-electron chi connectivity index (χ0n) is 33.1. The number of phenolic OH excluding ortho intramolecular Hbond substituents is 4. The first-order valence-electron chi connectivity index (χ1n) is 18.7. The number of carbonyl (C=O) groups excluding carboxylic acids is 4. The van der Waals surface area contributed by atoms with E-state index in [1.165, 1.54) is 50.2 Å². The van der Waals surface area contributed by atoms with Crippen LogP contribution in [0.25, 0.3) is 32.7 Å². The fraction of sp³-hybridized carbons (Fsp3) is 0.364. The third-order valence-electron chi connectivity index (χ3n) is 12.4. The number of carbonyl (C=O) groups is 4. The molecule has 8 N–H and O–H groups in total. The van der Waals surface area contributed by atoms with E-state index in [1.807, 2.05) is 0 Å². The quantitative estimate of drug-likeness (QED) is 0.0579. The number of aromatic hydroxyl groups is 4. The SMILES string of the molecule is COC(=O)/C=C(\O)C1c2c(c(O)c3c(O)cccc3c2-c2c3c(c(O)c4c(O)cccc24)C(=O)C(C)C(O)(C(C)C)C3/C(O)=C/C(=O)OC)C(=O)C(C)C1(O)C(C)C. The Bertz CT molecular complexity index is 2340. The van der Waals surface area contributed by atoms with E-state index in [0.29, 0.717) is 12.2 Å². The molecule has 0 radical (unpaired) electrons. The number of hydrogen-bond donors (Lipinski definition) is 8. The van der Waals surface area contributed by atoms with Crippen LogP contribution < -0.4 is 0 Å². The fourth-order valence-corrected chi connectivity index (χ4v) is 9.43. The van der Waals surface area contributed by atoms with Crippen molar-refractivity contribution < 1.29 is 69.5 Å². The van der Waals surface area contributed by atoms with Gasteiger partial charge in [0.25, 0.3) is 0 Å². The van der Waals surface area contributed by atoms with Crippen molar-refractivity contribution in [2.75, 3.05) is 14.2 Å². The normalized spacial score (nSPS) is 25.0. The van der Waals surface area contributed by atoms with E-state index in [2.05, 4.69) is 0 Å². The van der Waals surface area contributed by atoms with Crippen molar-refractivity contribution in [1.29, 1.82) is 0 Å². The molecule has 0 aromatic heterocycles. The Morgan fingerprint density at radius 3 is 1.24 bits per heavy atom. The lowest BCUT2D eigenvalue weighted by Crippen LogP contribution is -2.55. The third-order valence-corrected chi connectivity index (χ3v) is 12.4. The fourth-order valence-electron chi connectivity index (χ4n) is 9.43. The first kappa shape index (κ1) is 41.5. The van der Waals surface area contributed by atoms with Crippen molar-refractivity contribution in [1.82, 2.24) is 0 Å². The Morgan fingerprint density at radius 1 is 0.621 bits per heavy atom. The van der Waals surface area contributed by atoms with Gasteiger partial charge in [-0.3, -0.25) is 9.59 Å². The summed E-state index contributed by atoms with van der Waals surface area (Å²) in [7, 11) is 2.11. The van der Waals surface area contributed by atoms with Gasteiger partial charge < -0.3 is 50.3 Å². The monoisotopic (exact) mass is 798 g/mol. The smallest absolute Gasteiger partial charge is 0.333 e. The van der Waals surface area contributed by atoms with E-state index in [1.54, 1.807) is 27.7 Å². The summed E-state index contributed by atoms with van der Waals surface area (Å²) in [6.07, 6.45) is 1.40. The molecule has 14 heteroatoms.